The Morgan fingerprint density at radius 1 is 0.293 bits per heavy atom. The van der Waals surface area contributed by atoms with Gasteiger partial charge in [0.25, 0.3) is 0 Å². The van der Waals surface area contributed by atoms with Gasteiger partial charge in [0, 0.05) is 22.2 Å². The van der Waals surface area contributed by atoms with Gasteiger partial charge in [-0.25, -0.2) is 0 Å². The van der Waals surface area contributed by atoms with Crippen LogP contribution in [0.1, 0.15) is 25.0 Å². The third-order valence-electron chi connectivity index (χ3n) is 11.9. The first-order chi connectivity index (χ1) is 28.6. The summed E-state index contributed by atoms with van der Waals surface area (Å²) in [5.74, 6) is 0. The number of anilines is 3. The smallest absolute Gasteiger partial charge is 0.0546 e. The molecule has 0 unspecified atom stereocenters. The molecule has 1 heteroatoms. The molecule has 0 atom stereocenters. The summed E-state index contributed by atoms with van der Waals surface area (Å²) in [4.78, 5) is 2.53. The summed E-state index contributed by atoms with van der Waals surface area (Å²) in [7, 11) is 0. The molecule has 1 aliphatic carbocycles. The molecule has 9 aromatic rings. The first-order valence-corrected chi connectivity index (χ1v) is 20.2. The monoisotopic (exact) mass is 741 g/mol. The molecule has 0 saturated carbocycles. The van der Waals surface area contributed by atoms with Crippen LogP contribution < -0.4 is 4.90 Å². The topological polar surface area (TPSA) is 3.24 Å². The zero-order valence-corrected chi connectivity index (χ0v) is 32.8. The number of fused-ring (bicyclic) bond motifs is 3. The zero-order valence-electron chi connectivity index (χ0n) is 32.8. The van der Waals surface area contributed by atoms with Crippen molar-refractivity contribution in [3.8, 4) is 66.8 Å². The SMILES string of the molecule is CC1(C)c2ccccc2-c2ccc(N(c3ccccc3-c3ccccc3-c3ccccc3)c3cccc(-c4ccccc4)c3-c3ccccc3-c3ccccc3)cc21. The molecule has 0 N–H and O–H groups in total. The van der Waals surface area contributed by atoms with Crippen LogP contribution in [0.15, 0.2) is 224 Å². The number of hydrogen-bond donors (Lipinski definition) is 0. The van der Waals surface area contributed by atoms with Crippen molar-refractivity contribution in [1.82, 2.24) is 0 Å². The first-order valence-electron chi connectivity index (χ1n) is 20.2. The summed E-state index contributed by atoms with van der Waals surface area (Å²) in [6.07, 6.45) is 0. The van der Waals surface area contributed by atoms with E-state index in [9.17, 15) is 0 Å². The average molecular weight is 742 g/mol. The molecule has 0 saturated heterocycles. The van der Waals surface area contributed by atoms with Crippen LogP contribution in [0.25, 0.3) is 66.8 Å². The van der Waals surface area contributed by atoms with Crippen molar-refractivity contribution in [2.75, 3.05) is 4.90 Å². The molecule has 1 aliphatic rings. The van der Waals surface area contributed by atoms with Crippen LogP contribution in [0.3, 0.4) is 0 Å². The zero-order chi connectivity index (χ0) is 39.1. The fourth-order valence-corrected chi connectivity index (χ4v) is 9.16. The number of benzene rings is 9. The van der Waals surface area contributed by atoms with E-state index in [1.165, 1.54) is 72.3 Å². The van der Waals surface area contributed by atoms with Gasteiger partial charge in [0.2, 0.25) is 0 Å². The third-order valence-corrected chi connectivity index (χ3v) is 11.9. The second kappa shape index (κ2) is 14.7. The maximum absolute atomic E-state index is 2.53. The van der Waals surface area contributed by atoms with Crippen LogP contribution in [-0.4, -0.2) is 0 Å². The van der Waals surface area contributed by atoms with Gasteiger partial charge in [0.1, 0.15) is 0 Å². The summed E-state index contributed by atoms with van der Waals surface area (Å²) in [6.45, 7) is 4.74. The Labute approximate surface area is 342 Å². The van der Waals surface area contributed by atoms with Gasteiger partial charge in [-0.15, -0.1) is 0 Å². The Balaban J connectivity index is 1.30. The third kappa shape index (κ3) is 6.04. The molecule has 9 aromatic carbocycles. The van der Waals surface area contributed by atoms with Gasteiger partial charge in [-0.2, -0.15) is 0 Å². The Morgan fingerprint density at radius 2 is 0.724 bits per heavy atom. The Kier molecular flexibility index (Phi) is 8.92. The van der Waals surface area contributed by atoms with E-state index in [0.717, 1.165) is 22.6 Å². The number of rotatable bonds is 8. The molecule has 0 spiro atoms. The van der Waals surface area contributed by atoms with Crippen molar-refractivity contribution < 1.29 is 0 Å². The highest BCUT2D eigenvalue weighted by Gasteiger charge is 2.36. The largest absolute Gasteiger partial charge is 0.309 e. The van der Waals surface area contributed by atoms with E-state index < -0.39 is 0 Å². The molecule has 10 rings (SSSR count). The lowest BCUT2D eigenvalue weighted by atomic mass is 9.82. The van der Waals surface area contributed by atoms with Crippen LogP contribution in [0.2, 0.25) is 0 Å². The standard InChI is InChI=1S/C57H43N/c1-57(2)52-34-18-16-30-48(52)49-38-37-43(39-53(49)57)58(54-35-19-17-31-50(54)47-29-14-12-27-44(47)40-21-6-3-7-22-40)55-36-20-33-46(42-25-10-5-11-26-42)56(55)51-32-15-13-28-45(51)41-23-8-4-9-24-41/h3-39H,1-2H3. The summed E-state index contributed by atoms with van der Waals surface area (Å²) < 4.78 is 0. The second-order valence-corrected chi connectivity index (χ2v) is 15.6. The van der Waals surface area contributed by atoms with E-state index in [1.807, 2.05) is 0 Å². The van der Waals surface area contributed by atoms with Gasteiger partial charge in [-0.1, -0.05) is 214 Å². The van der Waals surface area contributed by atoms with Gasteiger partial charge in [-0.05, 0) is 91.0 Å². The molecular formula is C57H43N. The van der Waals surface area contributed by atoms with Crippen LogP contribution in [0.4, 0.5) is 17.1 Å². The summed E-state index contributed by atoms with van der Waals surface area (Å²) in [5, 5.41) is 0. The molecule has 276 valence electrons. The molecule has 0 radical (unpaired) electrons. The molecule has 58 heavy (non-hydrogen) atoms. The minimum Gasteiger partial charge on any atom is -0.309 e. The van der Waals surface area contributed by atoms with Crippen LogP contribution in [-0.2, 0) is 5.41 Å². The first kappa shape index (κ1) is 35.2. The van der Waals surface area contributed by atoms with Gasteiger partial charge >= 0.3 is 0 Å². The Hall–Kier alpha value is -7.22. The number of nitrogens with zero attached hydrogens (tertiary/aromatic N) is 1. The van der Waals surface area contributed by atoms with Gasteiger partial charge in [0.15, 0.2) is 0 Å². The van der Waals surface area contributed by atoms with Crippen molar-refractivity contribution in [1.29, 1.82) is 0 Å². The maximum atomic E-state index is 2.53. The van der Waals surface area contributed by atoms with Gasteiger partial charge < -0.3 is 4.90 Å². The van der Waals surface area contributed by atoms with Crippen molar-refractivity contribution in [2.24, 2.45) is 0 Å². The van der Waals surface area contributed by atoms with E-state index in [1.54, 1.807) is 0 Å². The predicted octanol–water partition coefficient (Wildman–Crippen LogP) is 15.8. The van der Waals surface area contributed by atoms with Crippen LogP contribution in [0.5, 0.6) is 0 Å². The molecule has 0 fully saturated rings. The highest BCUT2D eigenvalue weighted by molar-refractivity contribution is 6.03. The lowest BCUT2D eigenvalue weighted by Crippen LogP contribution is -2.17. The van der Waals surface area contributed by atoms with E-state index in [4.69, 9.17) is 0 Å². The Bertz CT molecular complexity index is 2910. The van der Waals surface area contributed by atoms with Crippen molar-refractivity contribution in [3.63, 3.8) is 0 Å². The molecule has 0 amide bonds. The van der Waals surface area contributed by atoms with Crippen LogP contribution >= 0.6 is 0 Å². The van der Waals surface area contributed by atoms with Crippen molar-refractivity contribution in [2.45, 2.75) is 19.3 Å². The molecule has 1 nitrogen and oxygen atoms in total. The molecule has 0 aromatic heterocycles. The summed E-state index contributed by atoms with van der Waals surface area (Å²) in [6, 6.07) is 81.9. The normalized spacial score (nSPS) is 12.4. The van der Waals surface area contributed by atoms with Crippen molar-refractivity contribution in [3.05, 3.63) is 236 Å². The van der Waals surface area contributed by atoms with E-state index in [-0.39, 0.29) is 5.41 Å². The number of hydrogen-bond acceptors (Lipinski definition) is 1. The minimum absolute atomic E-state index is 0.165. The molecule has 0 bridgehead atoms. The maximum Gasteiger partial charge on any atom is 0.0546 e. The summed E-state index contributed by atoms with van der Waals surface area (Å²) >= 11 is 0. The number of para-hydroxylation sites is 1. The minimum atomic E-state index is -0.165. The molecule has 0 heterocycles. The fourth-order valence-electron chi connectivity index (χ4n) is 9.16. The van der Waals surface area contributed by atoms with Crippen molar-refractivity contribution >= 4 is 17.1 Å². The molecule has 0 aliphatic heterocycles. The second-order valence-electron chi connectivity index (χ2n) is 15.6. The van der Waals surface area contributed by atoms with Crippen LogP contribution in [0, 0.1) is 0 Å². The molecular weight excluding hydrogens is 699 g/mol. The fraction of sp³-hybridized carbons (Fsp3) is 0.0526. The quantitative estimate of drug-likeness (QED) is 0.150. The highest BCUT2D eigenvalue weighted by atomic mass is 15.1. The van der Waals surface area contributed by atoms with E-state index in [2.05, 4.69) is 243 Å². The average Bonchev–Trinajstić information content (AvgIpc) is 3.52. The lowest BCUT2D eigenvalue weighted by Gasteiger charge is -2.33. The lowest BCUT2D eigenvalue weighted by molar-refractivity contribution is 0.660. The van der Waals surface area contributed by atoms with Gasteiger partial charge in [-0.3, -0.25) is 0 Å². The summed E-state index contributed by atoms with van der Waals surface area (Å²) in [5.41, 5.74) is 20.4. The highest BCUT2D eigenvalue weighted by Crippen LogP contribution is 2.54. The predicted molar refractivity (Wildman–Crippen MR) is 246 cm³/mol. The van der Waals surface area contributed by atoms with Gasteiger partial charge in [0.05, 0.1) is 11.4 Å². The van der Waals surface area contributed by atoms with E-state index >= 15 is 0 Å². The Morgan fingerprint density at radius 3 is 1.36 bits per heavy atom. The van der Waals surface area contributed by atoms with E-state index in [0.29, 0.717) is 0 Å².